The normalized spacial score (nSPS) is 14.5. The molecule has 0 fully saturated rings. The largest absolute Gasteiger partial charge is 0.489 e. The first-order valence-corrected chi connectivity index (χ1v) is 4.92. The summed E-state index contributed by atoms with van der Waals surface area (Å²) in [6.45, 7) is 1.19. The minimum Gasteiger partial charge on any atom is -0.489 e. The van der Waals surface area contributed by atoms with Crippen molar-refractivity contribution in [2.24, 2.45) is 5.73 Å². The first kappa shape index (κ1) is 8.78. The second-order valence-electron chi connectivity index (χ2n) is 2.88. The predicted molar refractivity (Wildman–Crippen MR) is 56.7 cm³/mol. The van der Waals surface area contributed by atoms with Gasteiger partial charge in [-0.15, -0.1) is 0 Å². The van der Waals surface area contributed by atoms with Gasteiger partial charge >= 0.3 is 0 Å². The molecule has 2 nitrogen and oxygen atoms in total. The molecule has 0 amide bonds. The summed E-state index contributed by atoms with van der Waals surface area (Å²) in [6, 6.07) is 5.97. The fourth-order valence-electron chi connectivity index (χ4n) is 1.41. The SMILES string of the molecule is NCC1=CCOc2ccc(Br)cc21. The highest BCUT2D eigenvalue weighted by molar-refractivity contribution is 9.10. The smallest absolute Gasteiger partial charge is 0.127 e. The molecule has 0 atom stereocenters. The van der Waals surface area contributed by atoms with Gasteiger partial charge in [-0.25, -0.2) is 0 Å². The van der Waals surface area contributed by atoms with Crippen molar-refractivity contribution in [1.29, 1.82) is 0 Å². The van der Waals surface area contributed by atoms with Gasteiger partial charge in [-0.05, 0) is 29.8 Å². The molecule has 2 rings (SSSR count). The maximum absolute atomic E-state index is 5.63. The van der Waals surface area contributed by atoms with Gasteiger partial charge in [0, 0.05) is 16.6 Å². The summed E-state index contributed by atoms with van der Waals surface area (Å²) in [5.41, 5.74) is 7.88. The zero-order valence-electron chi connectivity index (χ0n) is 7.09. The minimum atomic E-state index is 0.562. The fourth-order valence-corrected chi connectivity index (χ4v) is 1.78. The summed E-state index contributed by atoms with van der Waals surface area (Å²) in [5.74, 6) is 0.922. The summed E-state index contributed by atoms with van der Waals surface area (Å²) in [6.07, 6.45) is 2.02. The van der Waals surface area contributed by atoms with Gasteiger partial charge in [-0.3, -0.25) is 0 Å². The zero-order chi connectivity index (χ0) is 9.26. The van der Waals surface area contributed by atoms with Crippen LogP contribution in [0.25, 0.3) is 5.57 Å². The van der Waals surface area contributed by atoms with Crippen LogP contribution >= 0.6 is 15.9 Å². The Labute approximate surface area is 85.5 Å². The lowest BCUT2D eigenvalue weighted by molar-refractivity contribution is 0.357. The van der Waals surface area contributed by atoms with Gasteiger partial charge in [-0.2, -0.15) is 0 Å². The summed E-state index contributed by atoms with van der Waals surface area (Å²) in [5, 5.41) is 0. The van der Waals surface area contributed by atoms with Crippen LogP contribution in [0.5, 0.6) is 5.75 Å². The number of ether oxygens (including phenoxy) is 1. The molecule has 0 aromatic heterocycles. The molecule has 68 valence electrons. The van der Waals surface area contributed by atoms with Crippen LogP contribution in [0, 0.1) is 0 Å². The van der Waals surface area contributed by atoms with E-state index < -0.39 is 0 Å². The first-order chi connectivity index (χ1) is 6.31. The molecule has 2 N–H and O–H groups in total. The number of hydrogen-bond acceptors (Lipinski definition) is 2. The highest BCUT2D eigenvalue weighted by Gasteiger charge is 2.12. The van der Waals surface area contributed by atoms with E-state index in [-0.39, 0.29) is 0 Å². The summed E-state index contributed by atoms with van der Waals surface area (Å²) < 4.78 is 6.51. The Kier molecular flexibility index (Phi) is 2.38. The van der Waals surface area contributed by atoms with Crippen molar-refractivity contribution >= 4 is 21.5 Å². The molecule has 1 heterocycles. The fraction of sp³-hybridized carbons (Fsp3) is 0.200. The van der Waals surface area contributed by atoms with Crippen molar-refractivity contribution in [1.82, 2.24) is 0 Å². The van der Waals surface area contributed by atoms with Gasteiger partial charge < -0.3 is 10.5 Å². The quantitative estimate of drug-likeness (QED) is 0.816. The summed E-state index contributed by atoms with van der Waals surface area (Å²) in [7, 11) is 0. The molecule has 0 saturated heterocycles. The van der Waals surface area contributed by atoms with E-state index in [0.29, 0.717) is 13.2 Å². The molecule has 1 aromatic rings. The first-order valence-electron chi connectivity index (χ1n) is 4.13. The minimum absolute atomic E-state index is 0.562. The molecule has 0 radical (unpaired) electrons. The Hall–Kier alpha value is -0.800. The summed E-state index contributed by atoms with van der Waals surface area (Å²) in [4.78, 5) is 0. The van der Waals surface area contributed by atoms with Gasteiger partial charge in [-0.1, -0.05) is 15.9 Å². The molecule has 0 saturated carbocycles. The van der Waals surface area contributed by atoms with Crippen LogP contribution in [-0.4, -0.2) is 13.2 Å². The van der Waals surface area contributed by atoms with Gasteiger partial charge in [0.1, 0.15) is 12.4 Å². The number of nitrogens with two attached hydrogens (primary N) is 1. The van der Waals surface area contributed by atoms with Crippen molar-refractivity contribution < 1.29 is 4.74 Å². The summed E-state index contributed by atoms with van der Waals surface area (Å²) >= 11 is 3.42. The van der Waals surface area contributed by atoms with Crippen molar-refractivity contribution in [3.8, 4) is 5.75 Å². The standard InChI is InChI=1S/C10H10BrNO/c11-8-1-2-10-9(5-8)7(6-12)3-4-13-10/h1-3,5H,4,6,12H2. The van der Waals surface area contributed by atoms with E-state index in [1.165, 1.54) is 0 Å². The van der Waals surface area contributed by atoms with Crippen molar-refractivity contribution in [2.45, 2.75) is 0 Å². The number of halogens is 1. The third-order valence-corrected chi connectivity index (χ3v) is 2.57. The Balaban J connectivity index is 2.51. The van der Waals surface area contributed by atoms with Crippen LogP contribution in [0.15, 0.2) is 28.7 Å². The highest BCUT2D eigenvalue weighted by Crippen LogP contribution is 2.31. The van der Waals surface area contributed by atoms with E-state index in [4.69, 9.17) is 10.5 Å². The third-order valence-electron chi connectivity index (χ3n) is 2.08. The molecule has 1 aliphatic heterocycles. The van der Waals surface area contributed by atoms with Crippen LogP contribution in [0.3, 0.4) is 0 Å². The average Bonchev–Trinajstić information content (AvgIpc) is 2.17. The molecule has 3 heteroatoms. The number of rotatable bonds is 1. The van der Waals surface area contributed by atoms with E-state index >= 15 is 0 Å². The van der Waals surface area contributed by atoms with Gasteiger partial charge in [0.15, 0.2) is 0 Å². The van der Waals surface area contributed by atoms with Crippen LogP contribution in [0.4, 0.5) is 0 Å². The van der Waals surface area contributed by atoms with E-state index in [9.17, 15) is 0 Å². The second-order valence-corrected chi connectivity index (χ2v) is 3.80. The van der Waals surface area contributed by atoms with Crippen molar-refractivity contribution in [3.63, 3.8) is 0 Å². The zero-order valence-corrected chi connectivity index (χ0v) is 8.67. The molecule has 13 heavy (non-hydrogen) atoms. The highest BCUT2D eigenvalue weighted by atomic mass is 79.9. The Morgan fingerprint density at radius 3 is 3.08 bits per heavy atom. The van der Waals surface area contributed by atoms with E-state index in [2.05, 4.69) is 15.9 Å². The number of benzene rings is 1. The average molecular weight is 240 g/mol. The number of hydrogen-bond donors (Lipinski definition) is 1. The topological polar surface area (TPSA) is 35.2 Å². The number of fused-ring (bicyclic) bond motifs is 1. The molecule has 1 aromatic carbocycles. The second kappa shape index (κ2) is 3.52. The Bertz CT molecular complexity index is 360. The molecule has 1 aliphatic rings. The lowest BCUT2D eigenvalue weighted by Crippen LogP contribution is -2.10. The monoisotopic (exact) mass is 239 g/mol. The van der Waals surface area contributed by atoms with E-state index in [1.54, 1.807) is 0 Å². The molecular weight excluding hydrogens is 230 g/mol. The van der Waals surface area contributed by atoms with Crippen LogP contribution < -0.4 is 10.5 Å². The molecular formula is C10H10BrNO. The Morgan fingerprint density at radius 1 is 1.46 bits per heavy atom. The molecule has 0 aliphatic carbocycles. The molecule has 0 bridgehead atoms. The van der Waals surface area contributed by atoms with Crippen molar-refractivity contribution in [2.75, 3.05) is 13.2 Å². The lowest BCUT2D eigenvalue weighted by Gasteiger charge is -2.17. The maximum Gasteiger partial charge on any atom is 0.127 e. The Morgan fingerprint density at radius 2 is 2.31 bits per heavy atom. The predicted octanol–water partition coefficient (Wildman–Crippen LogP) is 2.18. The van der Waals surface area contributed by atoms with Gasteiger partial charge in [0.05, 0.1) is 0 Å². The van der Waals surface area contributed by atoms with Gasteiger partial charge in [0.2, 0.25) is 0 Å². The van der Waals surface area contributed by atoms with Crippen molar-refractivity contribution in [3.05, 3.63) is 34.3 Å². The van der Waals surface area contributed by atoms with E-state index in [1.807, 2.05) is 24.3 Å². The van der Waals surface area contributed by atoms with E-state index in [0.717, 1.165) is 21.4 Å². The lowest BCUT2D eigenvalue weighted by atomic mass is 10.0. The molecule has 0 unspecified atom stereocenters. The third kappa shape index (κ3) is 1.62. The van der Waals surface area contributed by atoms with Crippen LogP contribution in [0.2, 0.25) is 0 Å². The van der Waals surface area contributed by atoms with Crippen LogP contribution in [-0.2, 0) is 0 Å². The van der Waals surface area contributed by atoms with Crippen LogP contribution in [0.1, 0.15) is 5.56 Å². The molecule has 0 spiro atoms. The maximum atomic E-state index is 5.63. The van der Waals surface area contributed by atoms with Gasteiger partial charge in [0.25, 0.3) is 0 Å².